The molecule has 0 spiro atoms. The number of pyridine rings is 1. The van der Waals surface area contributed by atoms with E-state index in [4.69, 9.17) is 26.4 Å². The highest BCUT2D eigenvalue weighted by molar-refractivity contribution is 7.80. The fraction of sp³-hybridized carbons (Fsp3) is 0.280. The first-order valence-electron chi connectivity index (χ1n) is 10.7. The molecule has 6 nitrogen and oxygen atoms in total. The van der Waals surface area contributed by atoms with Crippen molar-refractivity contribution in [3.8, 4) is 17.4 Å². The zero-order valence-electron chi connectivity index (χ0n) is 18.3. The van der Waals surface area contributed by atoms with E-state index in [-0.39, 0.29) is 11.2 Å². The first-order valence-corrected chi connectivity index (χ1v) is 11.1. The van der Waals surface area contributed by atoms with Gasteiger partial charge in [0.05, 0.1) is 19.0 Å². The molecule has 1 saturated heterocycles. The summed E-state index contributed by atoms with van der Waals surface area (Å²) in [4.78, 5) is 4.34. The number of aromatic nitrogens is 1. The van der Waals surface area contributed by atoms with E-state index in [1.807, 2.05) is 42.5 Å². The zero-order valence-corrected chi connectivity index (χ0v) is 19.2. The number of anilines is 1. The van der Waals surface area contributed by atoms with Crippen molar-refractivity contribution in [2.45, 2.75) is 18.3 Å². The Hall–Kier alpha value is -3.23. The van der Waals surface area contributed by atoms with Crippen LogP contribution in [0.1, 0.15) is 18.4 Å². The molecule has 0 unspecified atom stereocenters. The lowest BCUT2D eigenvalue weighted by molar-refractivity contribution is 0.0515. The van der Waals surface area contributed by atoms with Gasteiger partial charge in [-0.25, -0.2) is 9.37 Å². The van der Waals surface area contributed by atoms with Gasteiger partial charge in [0.15, 0.2) is 16.6 Å². The molecule has 2 heterocycles. The third kappa shape index (κ3) is 5.77. The van der Waals surface area contributed by atoms with Gasteiger partial charge in [-0.1, -0.05) is 24.3 Å². The molecule has 0 aliphatic carbocycles. The highest BCUT2D eigenvalue weighted by Gasteiger charge is 2.34. The lowest BCUT2D eigenvalue weighted by atomic mass is 9.74. The molecule has 1 fully saturated rings. The molecule has 2 N–H and O–H groups in total. The standard InChI is InChI=1S/C25H26FN3O3S/c1-30-21-4-2-3-5-22(21)32-23-11-10-20(16-27-23)29-24(33)28-17-25(12-14-31-15-13-25)18-6-8-19(26)9-7-18/h2-11,16H,12-15,17H2,1H3,(H2,28,29,33). The van der Waals surface area contributed by atoms with Crippen LogP contribution in [0.15, 0.2) is 66.9 Å². The van der Waals surface area contributed by atoms with Crippen molar-refractivity contribution < 1.29 is 18.6 Å². The molecule has 4 rings (SSSR count). The van der Waals surface area contributed by atoms with E-state index in [0.717, 1.165) is 24.1 Å². The number of rotatable bonds is 7. The largest absolute Gasteiger partial charge is 0.493 e. The molecule has 1 aliphatic rings. The van der Waals surface area contributed by atoms with Crippen molar-refractivity contribution in [3.63, 3.8) is 0 Å². The van der Waals surface area contributed by atoms with Crippen molar-refractivity contribution in [1.29, 1.82) is 0 Å². The monoisotopic (exact) mass is 467 g/mol. The SMILES string of the molecule is COc1ccccc1Oc1ccc(NC(=S)NCC2(c3ccc(F)cc3)CCOCC2)cn1. The summed E-state index contributed by atoms with van der Waals surface area (Å²) in [5, 5.41) is 6.97. The number of ether oxygens (including phenoxy) is 3. The Morgan fingerprint density at radius 3 is 2.45 bits per heavy atom. The van der Waals surface area contributed by atoms with E-state index in [1.165, 1.54) is 12.1 Å². The van der Waals surface area contributed by atoms with Crippen LogP contribution in [0.3, 0.4) is 0 Å². The Kier molecular flexibility index (Phi) is 7.36. The summed E-state index contributed by atoms with van der Waals surface area (Å²) in [5.41, 5.74) is 1.66. The van der Waals surface area contributed by atoms with Gasteiger partial charge in [-0.2, -0.15) is 0 Å². The van der Waals surface area contributed by atoms with E-state index < -0.39 is 0 Å². The first-order chi connectivity index (χ1) is 16.1. The van der Waals surface area contributed by atoms with E-state index in [0.29, 0.717) is 42.2 Å². The number of benzene rings is 2. The quantitative estimate of drug-likeness (QED) is 0.471. The number of halogens is 1. The summed E-state index contributed by atoms with van der Waals surface area (Å²) in [6.07, 6.45) is 3.33. The Balaban J connectivity index is 1.36. The molecule has 1 aliphatic heterocycles. The van der Waals surface area contributed by atoms with Crippen LogP contribution in [0.2, 0.25) is 0 Å². The molecule has 0 saturated carbocycles. The molecule has 33 heavy (non-hydrogen) atoms. The summed E-state index contributed by atoms with van der Waals surface area (Å²) >= 11 is 5.51. The van der Waals surface area contributed by atoms with Gasteiger partial charge in [0.1, 0.15) is 5.82 Å². The molecule has 172 valence electrons. The maximum atomic E-state index is 13.4. The maximum absolute atomic E-state index is 13.4. The van der Waals surface area contributed by atoms with Gasteiger partial charge in [0, 0.05) is 31.2 Å². The summed E-state index contributed by atoms with van der Waals surface area (Å²) in [6.45, 7) is 1.95. The van der Waals surface area contributed by atoms with Crippen LogP contribution in [0, 0.1) is 5.82 Å². The van der Waals surface area contributed by atoms with Gasteiger partial charge in [-0.05, 0) is 61.0 Å². The van der Waals surface area contributed by atoms with Crippen molar-refractivity contribution in [2.75, 3.05) is 32.2 Å². The number of hydrogen-bond acceptors (Lipinski definition) is 5. The Labute approximate surface area is 198 Å². The highest BCUT2D eigenvalue weighted by Crippen LogP contribution is 2.34. The summed E-state index contributed by atoms with van der Waals surface area (Å²) in [7, 11) is 1.59. The molecule has 8 heteroatoms. The van der Waals surface area contributed by atoms with Crippen LogP contribution < -0.4 is 20.1 Å². The lowest BCUT2D eigenvalue weighted by Crippen LogP contribution is -2.45. The topological polar surface area (TPSA) is 64.6 Å². The number of para-hydroxylation sites is 2. The first kappa shape index (κ1) is 22.9. The van der Waals surface area contributed by atoms with E-state index in [2.05, 4.69) is 15.6 Å². The number of nitrogens with zero attached hydrogens (tertiary/aromatic N) is 1. The second-order valence-corrected chi connectivity index (χ2v) is 8.25. The van der Waals surface area contributed by atoms with Gasteiger partial charge >= 0.3 is 0 Å². The molecule has 0 bridgehead atoms. The molecule has 0 amide bonds. The molecule has 0 radical (unpaired) electrons. The van der Waals surface area contributed by atoms with Gasteiger partial charge in [-0.15, -0.1) is 0 Å². The van der Waals surface area contributed by atoms with Crippen LogP contribution >= 0.6 is 12.2 Å². The predicted molar refractivity (Wildman–Crippen MR) is 130 cm³/mol. The molecule has 0 atom stereocenters. The fourth-order valence-electron chi connectivity index (χ4n) is 3.89. The summed E-state index contributed by atoms with van der Waals surface area (Å²) in [5.74, 6) is 1.43. The number of hydrogen-bond donors (Lipinski definition) is 2. The lowest BCUT2D eigenvalue weighted by Gasteiger charge is -2.38. The zero-order chi connectivity index (χ0) is 23.1. The van der Waals surface area contributed by atoms with Gasteiger partial charge in [0.25, 0.3) is 0 Å². The predicted octanol–water partition coefficient (Wildman–Crippen LogP) is 5.06. The van der Waals surface area contributed by atoms with Gasteiger partial charge in [0.2, 0.25) is 5.88 Å². The Morgan fingerprint density at radius 1 is 1.06 bits per heavy atom. The maximum Gasteiger partial charge on any atom is 0.219 e. The minimum absolute atomic E-state index is 0.164. The minimum Gasteiger partial charge on any atom is -0.493 e. The van der Waals surface area contributed by atoms with Gasteiger partial charge < -0.3 is 24.8 Å². The normalized spacial score (nSPS) is 14.8. The van der Waals surface area contributed by atoms with E-state index in [1.54, 1.807) is 19.4 Å². The Bertz CT molecular complexity index is 1070. The van der Waals surface area contributed by atoms with E-state index in [9.17, 15) is 4.39 Å². The van der Waals surface area contributed by atoms with Crippen molar-refractivity contribution in [3.05, 3.63) is 78.2 Å². The molecule has 3 aromatic rings. The molecular weight excluding hydrogens is 441 g/mol. The minimum atomic E-state index is -0.239. The van der Waals surface area contributed by atoms with Crippen molar-refractivity contribution in [1.82, 2.24) is 10.3 Å². The van der Waals surface area contributed by atoms with E-state index >= 15 is 0 Å². The average molecular weight is 468 g/mol. The summed E-state index contributed by atoms with van der Waals surface area (Å²) in [6, 6.07) is 17.7. The summed E-state index contributed by atoms with van der Waals surface area (Å²) < 4.78 is 30.1. The molecular formula is C25H26FN3O3S. The highest BCUT2D eigenvalue weighted by atomic mass is 32.1. The van der Waals surface area contributed by atoms with Crippen LogP contribution in [-0.2, 0) is 10.2 Å². The number of nitrogens with one attached hydrogen (secondary N) is 2. The number of methoxy groups -OCH3 is 1. The van der Waals surface area contributed by atoms with Crippen LogP contribution in [0.25, 0.3) is 0 Å². The fourth-order valence-corrected chi connectivity index (χ4v) is 4.08. The molecule has 1 aromatic heterocycles. The second kappa shape index (κ2) is 10.6. The second-order valence-electron chi connectivity index (χ2n) is 7.85. The number of thiocarbonyl (C=S) groups is 1. The van der Waals surface area contributed by atoms with Crippen LogP contribution in [0.5, 0.6) is 17.4 Å². The van der Waals surface area contributed by atoms with Gasteiger partial charge in [-0.3, -0.25) is 0 Å². The smallest absolute Gasteiger partial charge is 0.219 e. The van der Waals surface area contributed by atoms with Crippen molar-refractivity contribution >= 4 is 23.0 Å². The third-order valence-electron chi connectivity index (χ3n) is 5.77. The van der Waals surface area contributed by atoms with Crippen LogP contribution in [-0.4, -0.2) is 37.0 Å². The third-order valence-corrected chi connectivity index (χ3v) is 6.02. The van der Waals surface area contributed by atoms with Crippen molar-refractivity contribution in [2.24, 2.45) is 0 Å². The molecule has 2 aromatic carbocycles. The van der Waals surface area contributed by atoms with Crippen LogP contribution in [0.4, 0.5) is 10.1 Å². The average Bonchev–Trinajstić information content (AvgIpc) is 2.85. The Morgan fingerprint density at radius 2 is 1.79 bits per heavy atom.